The summed E-state index contributed by atoms with van der Waals surface area (Å²) in [6, 6.07) is 3.22. The molecule has 1 rings (SSSR count). The smallest absolute Gasteiger partial charge is 0.412 e. The van der Waals surface area contributed by atoms with E-state index < -0.39 is 11.7 Å². The van der Waals surface area contributed by atoms with Crippen LogP contribution < -0.4 is 14.8 Å². The van der Waals surface area contributed by atoms with Crippen molar-refractivity contribution in [2.24, 2.45) is 0 Å². The maximum atomic E-state index is 11.7. The molecule has 6 heteroatoms. The molecule has 0 saturated carbocycles. The number of ether oxygens (including phenoxy) is 3. The minimum absolute atomic E-state index is 0.286. The molecule has 106 valence electrons. The van der Waals surface area contributed by atoms with Crippen molar-refractivity contribution >= 4 is 23.4 Å². The Bertz CT molecular complexity index is 468. The second-order valence-electron chi connectivity index (χ2n) is 4.82. The number of benzene rings is 1. The third kappa shape index (κ3) is 4.52. The van der Waals surface area contributed by atoms with Crippen molar-refractivity contribution in [2.75, 3.05) is 19.5 Å². The van der Waals surface area contributed by atoms with E-state index in [2.05, 4.69) is 5.32 Å². The molecule has 0 heterocycles. The second-order valence-corrected chi connectivity index (χ2v) is 5.20. The predicted octanol–water partition coefficient (Wildman–Crippen LogP) is 3.70. The van der Waals surface area contributed by atoms with E-state index in [4.69, 9.17) is 25.8 Å². The Hall–Kier alpha value is -1.62. The lowest BCUT2D eigenvalue weighted by Crippen LogP contribution is -2.27. The molecule has 0 aliphatic heterocycles. The lowest BCUT2D eigenvalue weighted by Gasteiger charge is -2.20. The topological polar surface area (TPSA) is 56.8 Å². The van der Waals surface area contributed by atoms with Crippen LogP contribution in [0.25, 0.3) is 0 Å². The standard InChI is InChI=1S/C13H18ClNO4/c1-13(2,3)19-12(16)15-9-6-8(17-4)7-10(18-5)11(9)14/h6-7H,1-5H3,(H,15,16). The fourth-order valence-electron chi connectivity index (χ4n) is 1.34. The van der Waals surface area contributed by atoms with Gasteiger partial charge in [-0.05, 0) is 20.8 Å². The first-order chi connectivity index (χ1) is 8.76. The Labute approximate surface area is 117 Å². The highest BCUT2D eigenvalue weighted by molar-refractivity contribution is 6.35. The van der Waals surface area contributed by atoms with E-state index >= 15 is 0 Å². The average Bonchev–Trinajstić information content (AvgIpc) is 2.29. The molecule has 19 heavy (non-hydrogen) atoms. The molecule has 0 atom stereocenters. The molecule has 0 aliphatic rings. The van der Waals surface area contributed by atoms with Crippen LogP contribution in [-0.2, 0) is 4.74 Å². The van der Waals surface area contributed by atoms with Crippen LogP contribution in [0.15, 0.2) is 12.1 Å². The van der Waals surface area contributed by atoms with E-state index in [1.807, 2.05) is 0 Å². The minimum Gasteiger partial charge on any atom is -0.497 e. The monoisotopic (exact) mass is 287 g/mol. The molecule has 0 aliphatic carbocycles. The Balaban J connectivity index is 2.97. The Morgan fingerprint density at radius 2 is 1.84 bits per heavy atom. The van der Waals surface area contributed by atoms with Gasteiger partial charge in [0.25, 0.3) is 0 Å². The summed E-state index contributed by atoms with van der Waals surface area (Å²) >= 11 is 6.10. The summed E-state index contributed by atoms with van der Waals surface area (Å²) in [6.07, 6.45) is -0.593. The highest BCUT2D eigenvalue weighted by atomic mass is 35.5. The highest BCUT2D eigenvalue weighted by Crippen LogP contribution is 2.36. The number of hydrogen-bond donors (Lipinski definition) is 1. The van der Waals surface area contributed by atoms with Crippen molar-refractivity contribution in [1.29, 1.82) is 0 Å². The van der Waals surface area contributed by atoms with E-state index in [0.29, 0.717) is 17.2 Å². The van der Waals surface area contributed by atoms with Gasteiger partial charge in [-0.2, -0.15) is 0 Å². The van der Waals surface area contributed by atoms with Crippen molar-refractivity contribution < 1.29 is 19.0 Å². The molecule has 0 radical (unpaired) electrons. The Morgan fingerprint density at radius 1 is 1.21 bits per heavy atom. The fraction of sp³-hybridized carbons (Fsp3) is 0.462. The third-order valence-corrected chi connectivity index (χ3v) is 2.49. The van der Waals surface area contributed by atoms with Gasteiger partial charge in [0.1, 0.15) is 22.1 Å². The van der Waals surface area contributed by atoms with Crippen LogP contribution in [0.4, 0.5) is 10.5 Å². The molecule has 0 saturated heterocycles. The van der Waals surface area contributed by atoms with E-state index in [0.717, 1.165) is 0 Å². The molecule has 1 amide bonds. The zero-order valence-corrected chi connectivity index (χ0v) is 12.4. The van der Waals surface area contributed by atoms with Gasteiger partial charge in [-0.15, -0.1) is 0 Å². The van der Waals surface area contributed by atoms with Crippen molar-refractivity contribution in [1.82, 2.24) is 0 Å². The number of nitrogens with one attached hydrogen (secondary N) is 1. The van der Waals surface area contributed by atoms with Gasteiger partial charge >= 0.3 is 6.09 Å². The molecule has 0 unspecified atom stereocenters. The highest BCUT2D eigenvalue weighted by Gasteiger charge is 2.18. The maximum Gasteiger partial charge on any atom is 0.412 e. The first-order valence-corrected chi connectivity index (χ1v) is 6.06. The molecule has 0 aromatic heterocycles. The number of anilines is 1. The normalized spacial score (nSPS) is 10.8. The number of methoxy groups -OCH3 is 2. The number of halogens is 1. The van der Waals surface area contributed by atoms with Gasteiger partial charge in [-0.25, -0.2) is 4.79 Å². The molecular weight excluding hydrogens is 270 g/mol. The number of hydrogen-bond acceptors (Lipinski definition) is 4. The Morgan fingerprint density at radius 3 is 2.32 bits per heavy atom. The van der Waals surface area contributed by atoms with Gasteiger partial charge in [0.2, 0.25) is 0 Å². The molecule has 1 aromatic carbocycles. The number of rotatable bonds is 3. The summed E-state index contributed by atoms with van der Waals surface area (Å²) in [5.74, 6) is 0.930. The molecule has 0 fully saturated rings. The zero-order chi connectivity index (χ0) is 14.6. The zero-order valence-electron chi connectivity index (χ0n) is 11.7. The SMILES string of the molecule is COc1cc(NC(=O)OC(C)(C)C)c(Cl)c(OC)c1. The number of carbonyl (C=O) groups excluding carboxylic acids is 1. The van der Waals surface area contributed by atoms with Crippen LogP contribution >= 0.6 is 11.6 Å². The first kappa shape index (κ1) is 15.4. The van der Waals surface area contributed by atoms with Crippen molar-refractivity contribution in [3.63, 3.8) is 0 Å². The van der Waals surface area contributed by atoms with Gasteiger partial charge in [0.05, 0.1) is 19.9 Å². The van der Waals surface area contributed by atoms with Crippen molar-refractivity contribution in [3.05, 3.63) is 17.2 Å². The van der Waals surface area contributed by atoms with Crippen LogP contribution in [0.2, 0.25) is 5.02 Å². The first-order valence-electron chi connectivity index (χ1n) is 5.68. The quantitative estimate of drug-likeness (QED) is 0.921. The van der Waals surface area contributed by atoms with Gasteiger partial charge in [-0.3, -0.25) is 5.32 Å². The van der Waals surface area contributed by atoms with E-state index in [9.17, 15) is 4.79 Å². The summed E-state index contributed by atoms with van der Waals surface area (Å²) in [7, 11) is 3.00. The minimum atomic E-state index is -0.593. The molecule has 0 bridgehead atoms. The van der Waals surface area contributed by atoms with Gasteiger partial charge < -0.3 is 14.2 Å². The summed E-state index contributed by atoms with van der Waals surface area (Å²) in [5.41, 5.74) is -0.216. The molecule has 1 N–H and O–H groups in total. The Kier molecular flexibility index (Phi) is 4.89. The lowest BCUT2D eigenvalue weighted by atomic mass is 10.2. The summed E-state index contributed by atoms with van der Waals surface area (Å²) < 4.78 is 15.4. The second kappa shape index (κ2) is 6.02. The maximum absolute atomic E-state index is 11.7. The van der Waals surface area contributed by atoms with Gasteiger partial charge in [-0.1, -0.05) is 11.6 Å². The molecule has 1 aromatic rings. The van der Waals surface area contributed by atoms with Gasteiger partial charge in [0, 0.05) is 12.1 Å². The number of carbonyl (C=O) groups is 1. The van der Waals surface area contributed by atoms with Crippen LogP contribution in [0, 0.1) is 0 Å². The summed E-state index contributed by atoms with van der Waals surface area (Å²) in [5, 5.41) is 2.85. The van der Waals surface area contributed by atoms with Crippen LogP contribution in [0.5, 0.6) is 11.5 Å². The molecular formula is C13H18ClNO4. The van der Waals surface area contributed by atoms with E-state index in [1.54, 1.807) is 32.9 Å². The average molecular weight is 288 g/mol. The molecule has 0 spiro atoms. The lowest BCUT2D eigenvalue weighted by molar-refractivity contribution is 0.0636. The predicted molar refractivity (Wildman–Crippen MR) is 74.4 cm³/mol. The largest absolute Gasteiger partial charge is 0.497 e. The summed E-state index contributed by atoms with van der Waals surface area (Å²) in [6.45, 7) is 5.33. The van der Waals surface area contributed by atoms with E-state index in [-0.39, 0.29) is 5.02 Å². The third-order valence-electron chi connectivity index (χ3n) is 2.10. The van der Waals surface area contributed by atoms with Gasteiger partial charge in [0.15, 0.2) is 0 Å². The summed E-state index contributed by atoms with van der Waals surface area (Å²) in [4.78, 5) is 11.7. The van der Waals surface area contributed by atoms with Crippen LogP contribution in [0.3, 0.4) is 0 Å². The number of amides is 1. The fourth-order valence-corrected chi connectivity index (χ4v) is 1.58. The van der Waals surface area contributed by atoms with E-state index in [1.165, 1.54) is 14.2 Å². The van der Waals surface area contributed by atoms with Crippen molar-refractivity contribution in [3.8, 4) is 11.5 Å². The van der Waals surface area contributed by atoms with Crippen LogP contribution in [0.1, 0.15) is 20.8 Å². The molecule has 5 nitrogen and oxygen atoms in total. The van der Waals surface area contributed by atoms with Crippen molar-refractivity contribution in [2.45, 2.75) is 26.4 Å². The van der Waals surface area contributed by atoms with Crippen LogP contribution in [-0.4, -0.2) is 25.9 Å².